The van der Waals surface area contributed by atoms with E-state index in [2.05, 4.69) is 0 Å². The highest BCUT2D eigenvalue weighted by atomic mass is 16.7. The molecule has 2 heterocycles. The minimum atomic E-state index is -2.13. The molecule has 13 heteroatoms. The quantitative estimate of drug-likeness (QED) is 0.144. The van der Waals surface area contributed by atoms with Crippen molar-refractivity contribution in [1.82, 2.24) is 0 Å². The maximum atomic E-state index is 9.95. The third kappa shape index (κ3) is 7.15. The lowest BCUT2D eigenvalue weighted by atomic mass is 9.99. The first-order valence-electron chi connectivity index (χ1n) is 9.59. The third-order valence-electron chi connectivity index (χ3n) is 4.55. The van der Waals surface area contributed by atoms with E-state index in [9.17, 15) is 25.5 Å². The molecule has 31 heavy (non-hydrogen) atoms. The minimum absolute atomic E-state index is 0.192. The molecule has 0 radical (unpaired) electrons. The second-order valence-corrected chi connectivity index (χ2v) is 7.09. The summed E-state index contributed by atoms with van der Waals surface area (Å²) in [4.78, 5) is 0. The van der Waals surface area contributed by atoms with Gasteiger partial charge in [-0.3, -0.25) is 0 Å². The van der Waals surface area contributed by atoms with Gasteiger partial charge in [-0.05, 0) is 19.1 Å². The predicted molar refractivity (Wildman–Crippen MR) is 97.7 cm³/mol. The SMILES string of the molecule is CC(CO)O[C@H](OCc1ccc(CO[C@H]2OC(CO)[C@H](O)C(O)C2O)o1)C(O)C(O)O. The summed E-state index contributed by atoms with van der Waals surface area (Å²) in [5.41, 5.74) is 0. The van der Waals surface area contributed by atoms with Crippen LogP contribution in [0.2, 0.25) is 0 Å². The van der Waals surface area contributed by atoms with E-state index in [1.165, 1.54) is 19.1 Å². The van der Waals surface area contributed by atoms with Crippen molar-refractivity contribution in [3.63, 3.8) is 0 Å². The van der Waals surface area contributed by atoms with Crippen molar-refractivity contribution in [2.45, 2.75) is 75.6 Å². The molecule has 8 atom stereocenters. The van der Waals surface area contributed by atoms with Gasteiger partial charge in [0.2, 0.25) is 0 Å². The summed E-state index contributed by atoms with van der Waals surface area (Å²) in [5, 5.41) is 75.7. The Bertz CT molecular complexity index is 636. The molecular weight excluding hydrogens is 424 g/mol. The molecule has 1 aromatic rings. The summed E-state index contributed by atoms with van der Waals surface area (Å²) >= 11 is 0. The van der Waals surface area contributed by atoms with Crippen LogP contribution in [0.4, 0.5) is 0 Å². The highest BCUT2D eigenvalue weighted by molar-refractivity contribution is 5.05. The van der Waals surface area contributed by atoms with E-state index in [0.717, 1.165) is 0 Å². The molecule has 0 aromatic carbocycles. The smallest absolute Gasteiger partial charge is 0.189 e. The van der Waals surface area contributed by atoms with Crippen molar-refractivity contribution < 1.29 is 64.2 Å². The Morgan fingerprint density at radius 1 is 0.968 bits per heavy atom. The van der Waals surface area contributed by atoms with Crippen molar-refractivity contribution in [1.29, 1.82) is 0 Å². The van der Waals surface area contributed by atoms with Crippen LogP contribution < -0.4 is 0 Å². The molecule has 1 aliphatic heterocycles. The summed E-state index contributed by atoms with van der Waals surface area (Å²) in [6, 6.07) is 3.03. The molecule has 1 aromatic heterocycles. The molecule has 1 aliphatic rings. The number of rotatable bonds is 12. The zero-order valence-electron chi connectivity index (χ0n) is 16.8. The summed E-state index contributed by atoms with van der Waals surface area (Å²) < 4.78 is 26.6. The number of hydrogen-bond donors (Lipinski definition) is 8. The molecule has 0 aliphatic carbocycles. The van der Waals surface area contributed by atoms with Gasteiger partial charge in [-0.15, -0.1) is 0 Å². The van der Waals surface area contributed by atoms with Crippen LogP contribution in [0.3, 0.4) is 0 Å². The molecule has 0 spiro atoms. The van der Waals surface area contributed by atoms with Crippen LogP contribution in [0.25, 0.3) is 0 Å². The van der Waals surface area contributed by atoms with Crippen LogP contribution in [0.15, 0.2) is 16.5 Å². The minimum Gasteiger partial charge on any atom is -0.461 e. The van der Waals surface area contributed by atoms with E-state index in [1.54, 1.807) is 0 Å². The van der Waals surface area contributed by atoms with Crippen LogP contribution >= 0.6 is 0 Å². The van der Waals surface area contributed by atoms with Gasteiger partial charge in [0.25, 0.3) is 0 Å². The fourth-order valence-electron chi connectivity index (χ4n) is 2.74. The highest BCUT2D eigenvalue weighted by Crippen LogP contribution is 2.23. The van der Waals surface area contributed by atoms with E-state index >= 15 is 0 Å². The van der Waals surface area contributed by atoms with Gasteiger partial charge in [0.1, 0.15) is 49.2 Å². The van der Waals surface area contributed by atoms with Gasteiger partial charge in [0.15, 0.2) is 25.0 Å². The average Bonchev–Trinajstić information content (AvgIpc) is 3.21. The molecule has 1 saturated heterocycles. The van der Waals surface area contributed by atoms with E-state index < -0.39 is 62.1 Å². The van der Waals surface area contributed by atoms with E-state index in [4.69, 9.17) is 38.7 Å². The highest BCUT2D eigenvalue weighted by Gasteiger charge is 2.44. The summed E-state index contributed by atoms with van der Waals surface area (Å²) in [5.74, 6) is 0.539. The summed E-state index contributed by atoms with van der Waals surface area (Å²) in [7, 11) is 0. The molecule has 5 unspecified atom stereocenters. The van der Waals surface area contributed by atoms with Crippen molar-refractivity contribution in [3.05, 3.63) is 23.7 Å². The average molecular weight is 454 g/mol. The first-order valence-corrected chi connectivity index (χ1v) is 9.59. The maximum absolute atomic E-state index is 9.95. The Hall–Kier alpha value is -1.20. The second kappa shape index (κ2) is 12.2. The Morgan fingerprint density at radius 2 is 1.61 bits per heavy atom. The number of aliphatic hydroxyl groups is 8. The normalized spacial score (nSPS) is 29.8. The number of aliphatic hydroxyl groups excluding tert-OH is 7. The van der Waals surface area contributed by atoms with Crippen molar-refractivity contribution in [2.75, 3.05) is 13.2 Å². The second-order valence-electron chi connectivity index (χ2n) is 7.09. The Kier molecular flexibility index (Phi) is 10.2. The molecular formula is C18H30O13. The van der Waals surface area contributed by atoms with Gasteiger partial charge in [-0.25, -0.2) is 0 Å². The summed E-state index contributed by atoms with van der Waals surface area (Å²) in [6.07, 6.45) is -13.2. The van der Waals surface area contributed by atoms with E-state index in [0.29, 0.717) is 0 Å². The monoisotopic (exact) mass is 454 g/mol. The topological polar surface area (TPSA) is 212 Å². The van der Waals surface area contributed by atoms with Gasteiger partial charge in [0, 0.05) is 0 Å². The van der Waals surface area contributed by atoms with Crippen LogP contribution in [-0.2, 0) is 32.2 Å². The fourth-order valence-corrected chi connectivity index (χ4v) is 2.74. The molecule has 0 bridgehead atoms. The number of hydrogen-bond acceptors (Lipinski definition) is 13. The number of ether oxygens (including phenoxy) is 4. The van der Waals surface area contributed by atoms with Crippen LogP contribution in [0, 0.1) is 0 Å². The molecule has 180 valence electrons. The molecule has 2 rings (SSSR count). The van der Waals surface area contributed by atoms with Crippen molar-refractivity contribution >= 4 is 0 Å². The molecule has 8 N–H and O–H groups in total. The first-order chi connectivity index (χ1) is 14.7. The lowest BCUT2D eigenvalue weighted by molar-refractivity contribution is -0.304. The zero-order valence-corrected chi connectivity index (χ0v) is 16.8. The fraction of sp³-hybridized carbons (Fsp3) is 0.778. The third-order valence-corrected chi connectivity index (χ3v) is 4.55. The first kappa shape index (κ1) is 26.1. The Morgan fingerprint density at radius 3 is 2.19 bits per heavy atom. The Labute approximate surface area is 177 Å². The van der Waals surface area contributed by atoms with Crippen LogP contribution in [0.1, 0.15) is 18.4 Å². The zero-order chi connectivity index (χ0) is 23.1. The lowest BCUT2D eigenvalue weighted by Gasteiger charge is -2.39. The maximum Gasteiger partial charge on any atom is 0.189 e. The number of furan rings is 1. The van der Waals surface area contributed by atoms with Gasteiger partial charge in [0.05, 0.1) is 19.3 Å². The van der Waals surface area contributed by atoms with Crippen LogP contribution in [0.5, 0.6) is 0 Å². The van der Waals surface area contributed by atoms with Crippen molar-refractivity contribution in [3.8, 4) is 0 Å². The Balaban J connectivity index is 1.89. The molecule has 0 amide bonds. The van der Waals surface area contributed by atoms with Crippen molar-refractivity contribution in [2.24, 2.45) is 0 Å². The van der Waals surface area contributed by atoms with E-state index in [1.807, 2.05) is 0 Å². The lowest BCUT2D eigenvalue weighted by Crippen LogP contribution is -2.59. The molecule has 0 saturated carbocycles. The molecule has 13 nitrogen and oxygen atoms in total. The standard InChI is InChI=1S/C18H30O13/c1-8(4-19)29-18(15(24)16(25)26)28-7-10-3-2-9(30-10)6-27-17-14(23)13(22)12(21)11(5-20)31-17/h2-3,8,11-26H,4-7H2,1H3/t8?,11?,12-,13?,14?,15?,17-,18-/m0/s1. The van der Waals surface area contributed by atoms with Gasteiger partial charge in [-0.2, -0.15) is 0 Å². The van der Waals surface area contributed by atoms with Gasteiger partial charge in [-0.1, -0.05) is 0 Å². The van der Waals surface area contributed by atoms with Gasteiger partial charge >= 0.3 is 0 Å². The van der Waals surface area contributed by atoms with E-state index in [-0.39, 0.29) is 31.3 Å². The largest absolute Gasteiger partial charge is 0.461 e. The summed E-state index contributed by atoms with van der Waals surface area (Å²) in [6.45, 7) is 0.108. The van der Waals surface area contributed by atoms with Gasteiger partial charge < -0.3 is 64.2 Å². The predicted octanol–water partition coefficient (Wildman–Crippen LogP) is -3.49. The molecule has 1 fully saturated rings. The van der Waals surface area contributed by atoms with Crippen LogP contribution in [-0.4, -0.2) is 110 Å².